The quantitative estimate of drug-likeness (QED) is 0.113. The van der Waals surface area contributed by atoms with E-state index in [1.807, 2.05) is 80.8 Å². The lowest BCUT2D eigenvalue weighted by Crippen LogP contribution is -2.32. The van der Waals surface area contributed by atoms with Crippen LogP contribution in [0.2, 0.25) is 0 Å². The molecule has 0 fully saturated rings. The molecule has 238 valence electrons. The van der Waals surface area contributed by atoms with Gasteiger partial charge in [-0.1, -0.05) is 70.0 Å². The summed E-state index contributed by atoms with van der Waals surface area (Å²) < 4.78 is 58.6. The van der Waals surface area contributed by atoms with E-state index in [1.54, 1.807) is 13.8 Å². The Morgan fingerprint density at radius 2 is 1.47 bits per heavy atom. The van der Waals surface area contributed by atoms with Gasteiger partial charge in [0.05, 0.1) is 40.8 Å². The smallest absolute Gasteiger partial charge is 0.358 e. The van der Waals surface area contributed by atoms with E-state index < -0.39 is 28.9 Å². The van der Waals surface area contributed by atoms with Gasteiger partial charge < -0.3 is 13.6 Å². The van der Waals surface area contributed by atoms with Crippen molar-refractivity contribution in [3.63, 3.8) is 0 Å². The Bertz CT molecular complexity index is 1570. The zero-order chi connectivity index (χ0) is 30.8. The highest BCUT2D eigenvalue weighted by molar-refractivity contribution is 7.85. The van der Waals surface area contributed by atoms with E-state index in [0.717, 1.165) is 39.5 Å². The summed E-state index contributed by atoms with van der Waals surface area (Å²) in [6, 6.07) is 15.7. The van der Waals surface area contributed by atoms with E-state index in [-0.39, 0.29) is 26.8 Å². The normalized spacial score (nSPS) is 20.5. The minimum Gasteiger partial charge on any atom is -0.748 e. The molecule has 0 aromatic heterocycles. The molecule has 2 heterocycles. The number of benzene rings is 2. The lowest BCUT2D eigenvalue weighted by atomic mass is 9.75. The van der Waals surface area contributed by atoms with Gasteiger partial charge in [0.25, 0.3) is 0 Å². The minimum atomic E-state index is -4.22. The molecule has 2 aromatic carbocycles. The summed E-state index contributed by atoms with van der Waals surface area (Å²) in [5, 5.41) is 0.449. The van der Waals surface area contributed by atoms with Crippen molar-refractivity contribution < 1.29 is 31.2 Å². The molecular formula is C33H49N2O6PS. The Balaban J connectivity index is 0.000000411. The summed E-state index contributed by atoms with van der Waals surface area (Å²) in [5.74, 6) is -0.398. The molecule has 2 aliphatic rings. The Kier molecular flexibility index (Phi) is 12.8. The molecule has 0 amide bonds. The van der Waals surface area contributed by atoms with Gasteiger partial charge in [-0.2, -0.15) is 4.58 Å². The average molecular weight is 633 g/mol. The largest absolute Gasteiger partial charge is 0.748 e. The predicted octanol–water partition coefficient (Wildman–Crippen LogP) is 8.29. The third-order valence-corrected chi connectivity index (χ3v) is 11.2. The molecular weight excluding hydrogens is 583 g/mol. The van der Waals surface area contributed by atoms with Crippen LogP contribution in [-0.2, 0) is 34.6 Å². The summed E-state index contributed by atoms with van der Waals surface area (Å²) >= 11 is 0. The predicted molar refractivity (Wildman–Crippen MR) is 179 cm³/mol. The fourth-order valence-electron chi connectivity index (χ4n) is 5.46. The number of allylic oxidation sites excluding steroid dienone is 2. The first-order chi connectivity index (χ1) is 19.1. The number of hydrogen-bond donors (Lipinski definition) is 0. The van der Waals surface area contributed by atoms with Gasteiger partial charge in [-0.25, -0.2) is 8.42 Å². The molecule has 0 bridgehead atoms. The molecule has 0 N–H and O–H groups in total. The zero-order valence-electron chi connectivity index (χ0n) is 25.1. The average Bonchev–Trinajstić information content (AvgIpc) is 3.30. The topological polar surface area (TPSA) is 108 Å². The molecule has 0 radical (unpaired) electrons. The van der Waals surface area contributed by atoms with Crippen LogP contribution in [0.1, 0.15) is 74.4 Å². The summed E-state index contributed by atoms with van der Waals surface area (Å²) in [6.07, 6.45) is 0. The number of para-hydroxylation sites is 2. The monoisotopic (exact) mass is 632 g/mol. The standard InChI is InChI=1S/C16H22NO3P.C15H19NO3S.2CH4/c1-6-19-21(18,20-7-2)13(4)16(5)12(3)17-15-11-9-8-10-14(15)16;1-11(2)15(4)12(3)16(9-10-20(17,18)19)14-8-6-5-7-13(14)15;;/h8-11H,4,6-7H2,1-3,5H3;5-8H,1,9-10H2,2-4H3;2*1H4. The Labute approximate surface area is 259 Å². The molecule has 0 aliphatic carbocycles. The number of nitrogens with zero attached hydrogens (tertiary/aromatic N) is 2. The van der Waals surface area contributed by atoms with E-state index in [2.05, 4.69) is 25.1 Å². The van der Waals surface area contributed by atoms with Gasteiger partial charge in [0.15, 0.2) is 12.3 Å². The van der Waals surface area contributed by atoms with Crippen LogP contribution in [0.25, 0.3) is 0 Å². The molecule has 43 heavy (non-hydrogen) atoms. The maximum Gasteiger partial charge on any atom is 0.358 e. The Hall–Kier alpha value is -2.68. The van der Waals surface area contributed by atoms with Crippen molar-refractivity contribution in [3.8, 4) is 0 Å². The molecule has 2 aliphatic heterocycles. The lowest BCUT2D eigenvalue weighted by Gasteiger charge is -2.32. The Morgan fingerprint density at radius 3 is 1.98 bits per heavy atom. The molecule has 2 atom stereocenters. The van der Waals surface area contributed by atoms with E-state index in [0.29, 0.717) is 18.5 Å². The van der Waals surface area contributed by atoms with Gasteiger partial charge in [-0.05, 0) is 53.2 Å². The van der Waals surface area contributed by atoms with Crippen LogP contribution < -0.4 is 0 Å². The fraction of sp³-hybridized carbons (Fsp3) is 0.455. The fourth-order valence-corrected chi connectivity index (χ4v) is 7.76. The van der Waals surface area contributed by atoms with Gasteiger partial charge in [-0.15, -0.1) is 0 Å². The van der Waals surface area contributed by atoms with Crippen molar-refractivity contribution in [1.82, 2.24) is 0 Å². The van der Waals surface area contributed by atoms with Crippen molar-refractivity contribution >= 4 is 40.5 Å². The molecule has 2 aromatic rings. The molecule has 10 heteroatoms. The van der Waals surface area contributed by atoms with Crippen LogP contribution in [-0.4, -0.2) is 54.5 Å². The highest BCUT2D eigenvalue weighted by Crippen LogP contribution is 2.63. The minimum absolute atomic E-state index is 0. The highest BCUT2D eigenvalue weighted by Gasteiger charge is 2.48. The molecule has 8 nitrogen and oxygen atoms in total. The van der Waals surface area contributed by atoms with Gasteiger partial charge in [0, 0.05) is 24.3 Å². The molecule has 0 spiro atoms. The lowest BCUT2D eigenvalue weighted by molar-refractivity contribution is -0.433. The van der Waals surface area contributed by atoms with E-state index in [1.165, 1.54) is 0 Å². The first-order valence-corrected chi connectivity index (χ1v) is 16.7. The third-order valence-electron chi connectivity index (χ3n) is 8.24. The maximum atomic E-state index is 13.1. The van der Waals surface area contributed by atoms with Crippen molar-refractivity contribution in [2.24, 2.45) is 4.99 Å². The van der Waals surface area contributed by atoms with Crippen molar-refractivity contribution in [1.29, 1.82) is 0 Å². The van der Waals surface area contributed by atoms with Gasteiger partial charge in [-0.3, -0.25) is 9.56 Å². The first kappa shape index (κ1) is 38.3. The molecule has 2 unspecified atom stereocenters. The highest BCUT2D eigenvalue weighted by atomic mass is 32.2. The number of fused-ring (bicyclic) bond motifs is 2. The van der Waals surface area contributed by atoms with Crippen LogP contribution in [0.4, 0.5) is 11.4 Å². The molecule has 4 rings (SSSR count). The number of aliphatic imine (C=N–C) groups is 1. The number of rotatable bonds is 10. The van der Waals surface area contributed by atoms with E-state index in [9.17, 15) is 17.5 Å². The van der Waals surface area contributed by atoms with Crippen molar-refractivity contribution in [2.75, 3.05) is 25.5 Å². The second-order valence-electron chi connectivity index (χ2n) is 10.5. The molecule has 0 saturated heterocycles. The van der Waals surface area contributed by atoms with Crippen LogP contribution in [0.15, 0.2) is 77.6 Å². The first-order valence-electron chi connectivity index (χ1n) is 13.6. The summed E-state index contributed by atoms with van der Waals surface area (Å²) in [5.41, 5.74) is 5.86. The summed E-state index contributed by atoms with van der Waals surface area (Å²) in [6.45, 7) is 22.4. The Morgan fingerprint density at radius 1 is 0.953 bits per heavy atom. The van der Waals surface area contributed by atoms with Crippen LogP contribution >= 0.6 is 7.60 Å². The second kappa shape index (κ2) is 14.4. The van der Waals surface area contributed by atoms with Crippen LogP contribution in [0, 0.1) is 0 Å². The molecule has 0 saturated carbocycles. The third kappa shape index (κ3) is 7.18. The van der Waals surface area contributed by atoms with Crippen LogP contribution in [0.3, 0.4) is 0 Å². The van der Waals surface area contributed by atoms with Gasteiger partial charge in [0.2, 0.25) is 5.69 Å². The van der Waals surface area contributed by atoms with Crippen LogP contribution in [0.5, 0.6) is 0 Å². The van der Waals surface area contributed by atoms with E-state index >= 15 is 0 Å². The maximum absolute atomic E-state index is 13.1. The number of hydrogen-bond acceptors (Lipinski definition) is 7. The van der Waals surface area contributed by atoms with E-state index in [4.69, 9.17) is 9.05 Å². The van der Waals surface area contributed by atoms with Crippen molar-refractivity contribution in [2.45, 2.75) is 74.1 Å². The summed E-state index contributed by atoms with van der Waals surface area (Å²) in [7, 11) is -7.62. The zero-order valence-corrected chi connectivity index (χ0v) is 26.8. The van der Waals surface area contributed by atoms with Crippen molar-refractivity contribution in [3.05, 3.63) is 83.7 Å². The second-order valence-corrected chi connectivity index (χ2v) is 14.1. The summed E-state index contributed by atoms with van der Waals surface area (Å²) in [4.78, 5) is 4.58. The SMILES string of the molecule is C.C.C=C(C)C1(C)C(C)=[N+](CCS(=O)(=O)[O-])c2ccccc21.C=C(C1(C)C(C)=Nc2ccccc21)P(=O)(OCC)OCC. The van der Waals surface area contributed by atoms with Gasteiger partial charge in [0.1, 0.15) is 10.1 Å². The van der Waals surface area contributed by atoms with Gasteiger partial charge >= 0.3 is 7.60 Å².